The molecule has 64 valence electrons. The molecule has 0 amide bonds. The second kappa shape index (κ2) is 2.76. The Morgan fingerprint density at radius 3 is 2.27 bits per heavy atom. The topological polar surface area (TPSA) is 35.2 Å². The van der Waals surface area contributed by atoms with Gasteiger partial charge in [0.2, 0.25) is 0 Å². The summed E-state index contributed by atoms with van der Waals surface area (Å²) in [4.78, 5) is 0. The molecule has 0 radical (unpaired) electrons. The number of ether oxygens (including phenoxy) is 1. The van der Waals surface area contributed by atoms with Gasteiger partial charge in [0.1, 0.15) is 0 Å². The zero-order valence-electron chi connectivity index (χ0n) is 7.12. The van der Waals surface area contributed by atoms with Crippen LogP contribution in [-0.2, 0) is 4.74 Å². The Morgan fingerprint density at radius 1 is 1.18 bits per heavy atom. The van der Waals surface area contributed by atoms with E-state index >= 15 is 0 Å². The highest BCUT2D eigenvalue weighted by atomic mass is 16.5. The zero-order chi connectivity index (χ0) is 7.84. The van der Waals surface area contributed by atoms with Crippen LogP contribution >= 0.6 is 0 Å². The molecule has 1 heterocycles. The number of hydrogen-bond acceptors (Lipinski definition) is 2. The van der Waals surface area contributed by atoms with E-state index in [-0.39, 0.29) is 0 Å². The molecule has 2 unspecified atom stereocenters. The summed E-state index contributed by atoms with van der Waals surface area (Å²) in [7, 11) is 0. The van der Waals surface area contributed by atoms with Crippen LogP contribution in [0.1, 0.15) is 19.8 Å². The minimum atomic E-state index is 0.431. The van der Waals surface area contributed by atoms with Gasteiger partial charge in [-0.3, -0.25) is 0 Å². The van der Waals surface area contributed by atoms with Gasteiger partial charge in [0, 0.05) is 6.04 Å². The highest BCUT2D eigenvalue weighted by Crippen LogP contribution is 2.35. The van der Waals surface area contributed by atoms with E-state index in [1.165, 1.54) is 12.8 Å². The van der Waals surface area contributed by atoms with Gasteiger partial charge in [0.05, 0.1) is 13.2 Å². The fourth-order valence-corrected chi connectivity index (χ4v) is 2.56. The van der Waals surface area contributed by atoms with Crippen LogP contribution in [0.3, 0.4) is 0 Å². The summed E-state index contributed by atoms with van der Waals surface area (Å²) in [6, 6.07) is 0.431. The second-order valence-electron chi connectivity index (χ2n) is 4.21. The average Bonchev–Trinajstić information content (AvgIpc) is 1.92. The summed E-state index contributed by atoms with van der Waals surface area (Å²) >= 11 is 0. The molecule has 2 aliphatic rings. The van der Waals surface area contributed by atoms with Gasteiger partial charge in [0.25, 0.3) is 0 Å². The van der Waals surface area contributed by atoms with Crippen molar-refractivity contribution in [2.45, 2.75) is 25.8 Å². The molecule has 2 fully saturated rings. The summed E-state index contributed by atoms with van der Waals surface area (Å²) in [6.45, 7) is 4.14. The van der Waals surface area contributed by atoms with Crippen molar-refractivity contribution in [1.29, 1.82) is 0 Å². The quantitative estimate of drug-likeness (QED) is 0.566. The molecule has 1 saturated carbocycles. The lowest BCUT2D eigenvalue weighted by molar-refractivity contribution is -0.0389. The molecule has 0 aromatic heterocycles. The van der Waals surface area contributed by atoms with E-state index in [1.54, 1.807) is 0 Å². The Balaban J connectivity index is 2.07. The minimum absolute atomic E-state index is 0.431. The molecule has 2 rings (SSSR count). The van der Waals surface area contributed by atoms with Crippen LogP contribution in [0.25, 0.3) is 0 Å². The van der Waals surface area contributed by atoms with Crippen molar-refractivity contribution in [1.82, 2.24) is 0 Å². The van der Waals surface area contributed by atoms with Gasteiger partial charge < -0.3 is 10.5 Å². The maximum atomic E-state index is 6.07. The van der Waals surface area contributed by atoms with Gasteiger partial charge in [-0.25, -0.2) is 0 Å². The second-order valence-corrected chi connectivity index (χ2v) is 4.21. The van der Waals surface area contributed by atoms with Crippen LogP contribution in [0.5, 0.6) is 0 Å². The van der Waals surface area contributed by atoms with Gasteiger partial charge in [-0.15, -0.1) is 0 Å². The molecule has 2 nitrogen and oxygen atoms in total. The number of fused-ring (bicyclic) bond motifs is 2. The van der Waals surface area contributed by atoms with Crippen molar-refractivity contribution in [2.75, 3.05) is 13.2 Å². The Bertz CT molecular complexity index is 134. The highest BCUT2D eigenvalue weighted by molar-refractivity contribution is 4.90. The predicted octanol–water partition coefficient (Wildman–Crippen LogP) is 1.01. The van der Waals surface area contributed by atoms with E-state index in [0.29, 0.717) is 17.9 Å². The van der Waals surface area contributed by atoms with Crippen molar-refractivity contribution in [3.8, 4) is 0 Å². The molecule has 0 spiro atoms. The first-order valence-corrected chi connectivity index (χ1v) is 4.60. The first kappa shape index (κ1) is 7.56. The van der Waals surface area contributed by atoms with Crippen molar-refractivity contribution >= 4 is 0 Å². The van der Waals surface area contributed by atoms with Crippen molar-refractivity contribution in [3.05, 3.63) is 0 Å². The fourth-order valence-electron chi connectivity index (χ4n) is 2.56. The SMILES string of the molecule is CC1CC2COCC(C1)C2N. The van der Waals surface area contributed by atoms with E-state index in [4.69, 9.17) is 10.5 Å². The smallest absolute Gasteiger partial charge is 0.0509 e. The Labute approximate surface area is 68.1 Å². The first-order valence-electron chi connectivity index (χ1n) is 4.60. The van der Waals surface area contributed by atoms with Crippen molar-refractivity contribution < 1.29 is 4.74 Å². The molecule has 2 N–H and O–H groups in total. The van der Waals surface area contributed by atoms with E-state index < -0.39 is 0 Å². The maximum absolute atomic E-state index is 6.07. The summed E-state index contributed by atoms with van der Waals surface area (Å²) < 4.78 is 5.48. The van der Waals surface area contributed by atoms with E-state index in [1.807, 2.05) is 0 Å². The standard InChI is InChI=1S/C9H17NO/c1-6-2-7-4-11-5-8(3-6)9(7)10/h6-9H,2-5,10H2,1H3. The van der Waals surface area contributed by atoms with Crippen LogP contribution in [0.4, 0.5) is 0 Å². The molecule has 1 aliphatic carbocycles. The lowest BCUT2D eigenvalue weighted by atomic mass is 9.72. The van der Waals surface area contributed by atoms with E-state index in [0.717, 1.165) is 19.1 Å². The molecule has 11 heavy (non-hydrogen) atoms. The molecule has 2 heteroatoms. The van der Waals surface area contributed by atoms with Gasteiger partial charge in [-0.2, -0.15) is 0 Å². The normalized spacial score (nSPS) is 50.7. The lowest BCUT2D eigenvalue weighted by Gasteiger charge is -2.42. The van der Waals surface area contributed by atoms with Crippen LogP contribution < -0.4 is 5.73 Å². The fraction of sp³-hybridized carbons (Fsp3) is 1.00. The Kier molecular flexibility index (Phi) is 1.90. The van der Waals surface area contributed by atoms with Crippen LogP contribution in [-0.4, -0.2) is 19.3 Å². The molecule has 1 saturated heterocycles. The van der Waals surface area contributed by atoms with Gasteiger partial charge in [-0.1, -0.05) is 6.92 Å². The molecule has 2 bridgehead atoms. The molecule has 0 aromatic carbocycles. The summed E-state index contributed by atoms with van der Waals surface area (Å²) in [6.07, 6.45) is 2.55. The third-order valence-electron chi connectivity index (χ3n) is 3.16. The summed E-state index contributed by atoms with van der Waals surface area (Å²) in [5.41, 5.74) is 6.07. The van der Waals surface area contributed by atoms with Crippen LogP contribution in [0.15, 0.2) is 0 Å². The van der Waals surface area contributed by atoms with E-state index in [2.05, 4.69) is 6.92 Å². The average molecular weight is 155 g/mol. The van der Waals surface area contributed by atoms with Crippen LogP contribution in [0, 0.1) is 17.8 Å². The minimum Gasteiger partial charge on any atom is -0.381 e. The Hall–Kier alpha value is -0.0800. The van der Waals surface area contributed by atoms with Crippen LogP contribution in [0.2, 0.25) is 0 Å². The van der Waals surface area contributed by atoms with Crippen molar-refractivity contribution in [3.63, 3.8) is 0 Å². The maximum Gasteiger partial charge on any atom is 0.0509 e. The van der Waals surface area contributed by atoms with Crippen molar-refractivity contribution in [2.24, 2.45) is 23.5 Å². The summed E-state index contributed by atoms with van der Waals surface area (Å²) in [5.74, 6) is 2.17. The third kappa shape index (κ3) is 1.30. The number of nitrogens with two attached hydrogens (primary N) is 1. The van der Waals surface area contributed by atoms with Gasteiger partial charge in [-0.05, 0) is 30.6 Å². The first-order chi connectivity index (χ1) is 5.27. The molecular formula is C9H17NO. The monoisotopic (exact) mass is 155 g/mol. The Morgan fingerprint density at radius 2 is 1.73 bits per heavy atom. The van der Waals surface area contributed by atoms with E-state index in [9.17, 15) is 0 Å². The predicted molar refractivity (Wildman–Crippen MR) is 44.2 cm³/mol. The number of rotatable bonds is 0. The largest absolute Gasteiger partial charge is 0.381 e. The number of hydrogen-bond donors (Lipinski definition) is 1. The molecule has 1 aliphatic heterocycles. The third-order valence-corrected chi connectivity index (χ3v) is 3.16. The van der Waals surface area contributed by atoms with Gasteiger partial charge >= 0.3 is 0 Å². The molecule has 0 aromatic rings. The summed E-state index contributed by atoms with van der Waals surface area (Å²) in [5, 5.41) is 0. The zero-order valence-corrected chi connectivity index (χ0v) is 7.12. The van der Waals surface area contributed by atoms with Gasteiger partial charge in [0.15, 0.2) is 0 Å². The highest BCUT2D eigenvalue weighted by Gasteiger charge is 2.37. The molecular weight excluding hydrogens is 138 g/mol. The molecule has 2 atom stereocenters. The lowest BCUT2D eigenvalue weighted by Crippen LogP contribution is -2.50.